The summed E-state index contributed by atoms with van der Waals surface area (Å²) in [5.41, 5.74) is 9.80. The van der Waals surface area contributed by atoms with E-state index >= 15 is 0 Å². The SMILES string of the molecule is CC1=C(c2cnn(C)c2)CNN1. The lowest BCUT2D eigenvalue weighted by molar-refractivity contribution is 0.701. The molecule has 4 heteroatoms. The van der Waals surface area contributed by atoms with Gasteiger partial charge in [0.25, 0.3) is 0 Å². The van der Waals surface area contributed by atoms with Crippen LogP contribution in [0, 0.1) is 0 Å². The maximum Gasteiger partial charge on any atom is 0.0566 e. The van der Waals surface area contributed by atoms with Crippen molar-refractivity contribution in [2.75, 3.05) is 6.54 Å². The third-order valence-corrected chi connectivity index (χ3v) is 2.05. The predicted molar refractivity (Wildman–Crippen MR) is 46.9 cm³/mol. The van der Waals surface area contributed by atoms with Crippen LogP contribution in [0.15, 0.2) is 18.1 Å². The molecule has 64 valence electrons. The molecule has 0 spiro atoms. The Morgan fingerprint density at radius 3 is 2.92 bits per heavy atom. The van der Waals surface area contributed by atoms with Crippen molar-refractivity contribution in [1.29, 1.82) is 0 Å². The van der Waals surface area contributed by atoms with Crippen molar-refractivity contribution < 1.29 is 0 Å². The van der Waals surface area contributed by atoms with Gasteiger partial charge in [0.1, 0.15) is 0 Å². The molecule has 0 radical (unpaired) electrons. The van der Waals surface area contributed by atoms with Crippen LogP contribution in [-0.4, -0.2) is 16.3 Å². The summed E-state index contributed by atoms with van der Waals surface area (Å²) in [6.45, 7) is 2.93. The van der Waals surface area contributed by atoms with Gasteiger partial charge in [0.15, 0.2) is 0 Å². The molecule has 2 rings (SSSR count). The third kappa shape index (κ3) is 1.10. The highest BCUT2D eigenvalue weighted by atomic mass is 15.4. The molecule has 4 nitrogen and oxygen atoms in total. The summed E-state index contributed by atoms with van der Waals surface area (Å²) in [5.74, 6) is 0. The Bertz CT molecular complexity index is 324. The molecule has 2 N–H and O–H groups in total. The topological polar surface area (TPSA) is 41.9 Å². The summed E-state index contributed by atoms with van der Waals surface area (Å²) in [6, 6.07) is 0. The Morgan fingerprint density at radius 2 is 2.42 bits per heavy atom. The minimum absolute atomic E-state index is 0.873. The van der Waals surface area contributed by atoms with Crippen molar-refractivity contribution in [3.8, 4) is 0 Å². The first-order valence-corrected chi connectivity index (χ1v) is 3.95. The monoisotopic (exact) mass is 164 g/mol. The molecule has 0 aliphatic carbocycles. The molecular formula is C8H12N4. The van der Waals surface area contributed by atoms with Crippen molar-refractivity contribution in [2.45, 2.75) is 6.92 Å². The second-order valence-electron chi connectivity index (χ2n) is 2.98. The van der Waals surface area contributed by atoms with Crippen LogP contribution in [0.2, 0.25) is 0 Å². The highest BCUT2D eigenvalue weighted by molar-refractivity contribution is 5.69. The minimum Gasteiger partial charge on any atom is -0.325 e. The summed E-state index contributed by atoms with van der Waals surface area (Å²) in [6.07, 6.45) is 3.90. The maximum atomic E-state index is 4.12. The molecule has 0 amide bonds. The Labute approximate surface area is 71.2 Å². The van der Waals surface area contributed by atoms with E-state index in [0.29, 0.717) is 0 Å². The average molecular weight is 164 g/mol. The standard InChI is InChI=1S/C8H12N4/c1-6-8(4-9-11-6)7-3-10-12(2)5-7/h3,5,9,11H,4H2,1-2H3. The lowest BCUT2D eigenvalue weighted by Crippen LogP contribution is -2.22. The number of nitrogens with one attached hydrogen (secondary N) is 2. The van der Waals surface area contributed by atoms with Crippen LogP contribution in [-0.2, 0) is 7.05 Å². The summed E-state index contributed by atoms with van der Waals surface area (Å²) in [5, 5.41) is 4.12. The van der Waals surface area contributed by atoms with E-state index in [1.807, 2.05) is 24.1 Å². The molecule has 0 atom stereocenters. The molecule has 2 heterocycles. The van der Waals surface area contributed by atoms with Gasteiger partial charge in [-0.05, 0) is 12.5 Å². The first-order chi connectivity index (χ1) is 5.77. The van der Waals surface area contributed by atoms with E-state index in [9.17, 15) is 0 Å². The summed E-state index contributed by atoms with van der Waals surface area (Å²) < 4.78 is 1.81. The second-order valence-corrected chi connectivity index (χ2v) is 2.98. The number of nitrogens with zero attached hydrogens (tertiary/aromatic N) is 2. The van der Waals surface area contributed by atoms with Crippen molar-refractivity contribution in [2.24, 2.45) is 7.05 Å². The summed E-state index contributed by atoms with van der Waals surface area (Å²) in [7, 11) is 1.93. The largest absolute Gasteiger partial charge is 0.325 e. The van der Waals surface area contributed by atoms with Gasteiger partial charge in [0, 0.05) is 31.0 Å². The van der Waals surface area contributed by atoms with Gasteiger partial charge >= 0.3 is 0 Å². The van der Waals surface area contributed by atoms with E-state index in [1.54, 1.807) is 0 Å². The van der Waals surface area contributed by atoms with Gasteiger partial charge in [-0.15, -0.1) is 0 Å². The summed E-state index contributed by atoms with van der Waals surface area (Å²) >= 11 is 0. The number of allylic oxidation sites excluding steroid dienone is 1. The van der Waals surface area contributed by atoms with Crippen molar-refractivity contribution in [1.82, 2.24) is 20.6 Å². The van der Waals surface area contributed by atoms with Gasteiger partial charge in [-0.1, -0.05) is 0 Å². The van der Waals surface area contributed by atoms with Gasteiger partial charge in [0.05, 0.1) is 6.20 Å². The van der Waals surface area contributed by atoms with Gasteiger partial charge < -0.3 is 5.43 Å². The van der Waals surface area contributed by atoms with Crippen molar-refractivity contribution in [3.05, 3.63) is 23.7 Å². The highest BCUT2D eigenvalue weighted by Gasteiger charge is 2.12. The van der Waals surface area contributed by atoms with Crippen LogP contribution >= 0.6 is 0 Å². The Morgan fingerprint density at radius 1 is 1.58 bits per heavy atom. The molecule has 0 unspecified atom stereocenters. The minimum atomic E-state index is 0.873. The molecule has 0 saturated carbocycles. The fraction of sp³-hybridized carbons (Fsp3) is 0.375. The third-order valence-electron chi connectivity index (χ3n) is 2.05. The number of aromatic nitrogens is 2. The van der Waals surface area contributed by atoms with Gasteiger partial charge in [-0.25, -0.2) is 5.43 Å². The van der Waals surface area contributed by atoms with Crippen LogP contribution in [0.25, 0.3) is 5.57 Å². The molecule has 0 fully saturated rings. The predicted octanol–water partition coefficient (Wildman–Crippen LogP) is 0.259. The number of aryl methyl sites for hydroxylation is 1. The lowest BCUT2D eigenvalue weighted by atomic mass is 10.1. The van der Waals surface area contributed by atoms with Crippen LogP contribution < -0.4 is 10.9 Å². The van der Waals surface area contributed by atoms with E-state index in [2.05, 4.69) is 22.9 Å². The van der Waals surface area contributed by atoms with E-state index in [4.69, 9.17) is 0 Å². The molecular weight excluding hydrogens is 152 g/mol. The molecule has 1 aliphatic heterocycles. The first-order valence-electron chi connectivity index (χ1n) is 3.95. The van der Waals surface area contributed by atoms with Gasteiger partial charge in [-0.3, -0.25) is 4.68 Å². The average Bonchev–Trinajstić information content (AvgIpc) is 2.58. The van der Waals surface area contributed by atoms with Crippen LogP contribution in [0.1, 0.15) is 12.5 Å². The molecule has 1 aromatic rings. The Balaban J connectivity index is 2.36. The zero-order chi connectivity index (χ0) is 8.55. The molecule has 1 aliphatic rings. The van der Waals surface area contributed by atoms with E-state index < -0.39 is 0 Å². The fourth-order valence-corrected chi connectivity index (χ4v) is 1.37. The smallest absolute Gasteiger partial charge is 0.0566 e. The van der Waals surface area contributed by atoms with Gasteiger partial charge in [-0.2, -0.15) is 5.10 Å². The van der Waals surface area contributed by atoms with E-state index in [0.717, 1.165) is 6.54 Å². The van der Waals surface area contributed by atoms with E-state index in [-0.39, 0.29) is 0 Å². The summed E-state index contributed by atoms with van der Waals surface area (Å²) in [4.78, 5) is 0. The Hall–Kier alpha value is -1.29. The molecule has 1 aromatic heterocycles. The Kier molecular flexibility index (Phi) is 1.62. The van der Waals surface area contributed by atoms with Gasteiger partial charge in [0.2, 0.25) is 0 Å². The number of hydrogen-bond donors (Lipinski definition) is 2. The molecule has 0 bridgehead atoms. The first kappa shape index (κ1) is 7.36. The normalized spacial score (nSPS) is 16.8. The zero-order valence-electron chi connectivity index (χ0n) is 7.26. The van der Waals surface area contributed by atoms with Crippen LogP contribution in [0.5, 0.6) is 0 Å². The molecule has 0 saturated heterocycles. The number of hydrogen-bond acceptors (Lipinski definition) is 3. The number of hydrazine groups is 1. The van der Waals surface area contributed by atoms with Crippen molar-refractivity contribution >= 4 is 5.57 Å². The van der Waals surface area contributed by atoms with Crippen LogP contribution in [0.4, 0.5) is 0 Å². The van der Waals surface area contributed by atoms with E-state index in [1.165, 1.54) is 16.8 Å². The van der Waals surface area contributed by atoms with Crippen LogP contribution in [0.3, 0.4) is 0 Å². The maximum absolute atomic E-state index is 4.12. The fourth-order valence-electron chi connectivity index (χ4n) is 1.37. The molecule has 0 aromatic carbocycles. The second kappa shape index (κ2) is 2.64. The quantitative estimate of drug-likeness (QED) is 0.625. The highest BCUT2D eigenvalue weighted by Crippen LogP contribution is 2.17. The van der Waals surface area contributed by atoms with Crippen molar-refractivity contribution in [3.63, 3.8) is 0 Å². The zero-order valence-corrected chi connectivity index (χ0v) is 7.26. The molecule has 12 heavy (non-hydrogen) atoms. The number of rotatable bonds is 1. The lowest BCUT2D eigenvalue weighted by Gasteiger charge is -1.95.